The molecule has 2 aromatic carbocycles. The maximum Gasteiger partial charge on any atom is 0.255 e. The van der Waals surface area contributed by atoms with Gasteiger partial charge in [-0.2, -0.15) is 0 Å². The standard InChI is InChI=1S/C14H11Br2ClN2O2/c1-21-13-10(16)5-8(17)6-12(13)19-14(20)7-2-3-11(18)9(15)4-7/h2-6H,18H2,1H3,(H,19,20). The van der Waals surface area contributed by atoms with Gasteiger partial charge < -0.3 is 15.8 Å². The number of benzene rings is 2. The summed E-state index contributed by atoms with van der Waals surface area (Å²) >= 11 is 12.6. The van der Waals surface area contributed by atoms with Crippen LogP contribution in [0.2, 0.25) is 5.02 Å². The summed E-state index contributed by atoms with van der Waals surface area (Å²) in [5.41, 5.74) is 7.22. The highest BCUT2D eigenvalue weighted by molar-refractivity contribution is 9.11. The zero-order valence-electron chi connectivity index (χ0n) is 10.9. The number of carbonyl (C=O) groups is 1. The average molecular weight is 435 g/mol. The van der Waals surface area contributed by atoms with Crippen molar-refractivity contribution in [2.24, 2.45) is 0 Å². The van der Waals surface area contributed by atoms with E-state index in [4.69, 9.17) is 22.1 Å². The number of nitrogen functional groups attached to an aromatic ring is 1. The molecule has 2 aromatic rings. The molecule has 21 heavy (non-hydrogen) atoms. The topological polar surface area (TPSA) is 64.3 Å². The Morgan fingerprint density at radius 2 is 1.95 bits per heavy atom. The summed E-state index contributed by atoms with van der Waals surface area (Å²) in [5.74, 6) is 0.213. The lowest BCUT2D eigenvalue weighted by molar-refractivity contribution is 0.102. The zero-order valence-corrected chi connectivity index (χ0v) is 14.8. The molecule has 4 nitrogen and oxygen atoms in total. The van der Waals surface area contributed by atoms with E-state index >= 15 is 0 Å². The molecule has 0 radical (unpaired) electrons. The van der Waals surface area contributed by atoms with Crippen molar-refractivity contribution in [3.63, 3.8) is 0 Å². The van der Waals surface area contributed by atoms with Gasteiger partial charge >= 0.3 is 0 Å². The highest BCUT2D eigenvalue weighted by atomic mass is 79.9. The number of halogens is 3. The van der Waals surface area contributed by atoms with Gasteiger partial charge in [-0.3, -0.25) is 4.79 Å². The Kier molecular flexibility index (Phi) is 5.13. The second-order valence-corrected chi connectivity index (χ2v) is 6.30. The number of amides is 1. The van der Waals surface area contributed by atoms with Crippen LogP contribution in [0.25, 0.3) is 0 Å². The van der Waals surface area contributed by atoms with Gasteiger partial charge in [0, 0.05) is 20.7 Å². The first-order valence-electron chi connectivity index (χ1n) is 5.81. The van der Waals surface area contributed by atoms with Gasteiger partial charge in [-0.1, -0.05) is 11.6 Å². The van der Waals surface area contributed by atoms with E-state index in [0.717, 1.165) is 0 Å². The number of nitrogens with two attached hydrogens (primary N) is 1. The maximum atomic E-state index is 12.3. The van der Waals surface area contributed by atoms with Crippen molar-refractivity contribution >= 4 is 60.7 Å². The summed E-state index contributed by atoms with van der Waals surface area (Å²) in [7, 11) is 1.52. The van der Waals surface area contributed by atoms with E-state index < -0.39 is 0 Å². The second kappa shape index (κ2) is 6.68. The molecule has 0 heterocycles. The van der Waals surface area contributed by atoms with E-state index in [9.17, 15) is 4.79 Å². The van der Waals surface area contributed by atoms with Crippen molar-refractivity contribution in [2.45, 2.75) is 0 Å². The molecule has 0 saturated heterocycles. The average Bonchev–Trinajstić information content (AvgIpc) is 2.41. The molecule has 0 unspecified atom stereocenters. The summed E-state index contributed by atoms with van der Waals surface area (Å²) in [6.45, 7) is 0. The van der Waals surface area contributed by atoms with E-state index in [1.165, 1.54) is 7.11 Å². The van der Waals surface area contributed by atoms with Gasteiger partial charge in [0.05, 0.1) is 17.3 Å². The molecule has 1 amide bonds. The van der Waals surface area contributed by atoms with Crippen LogP contribution in [-0.2, 0) is 0 Å². The van der Waals surface area contributed by atoms with E-state index in [-0.39, 0.29) is 5.91 Å². The lowest BCUT2D eigenvalue weighted by atomic mass is 10.2. The van der Waals surface area contributed by atoms with Crippen molar-refractivity contribution in [2.75, 3.05) is 18.2 Å². The third kappa shape index (κ3) is 3.70. The molecule has 110 valence electrons. The predicted octanol–water partition coefficient (Wildman–Crippen LogP) is 4.71. The molecule has 2 rings (SSSR count). The monoisotopic (exact) mass is 432 g/mol. The molecule has 0 spiro atoms. The second-order valence-electron chi connectivity index (χ2n) is 4.16. The Labute approximate surface area is 143 Å². The van der Waals surface area contributed by atoms with Gasteiger partial charge in [-0.05, 0) is 62.2 Å². The summed E-state index contributed by atoms with van der Waals surface area (Å²) in [4.78, 5) is 12.3. The molecular formula is C14H11Br2ClN2O2. The minimum absolute atomic E-state index is 0.289. The molecule has 0 saturated carbocycles. The largest absolute Gasteiger partial charge is 0.493 e. The molecule has 0 fully saturated rings. The smallest absolute Gasteiger partial charge is 0.255 e. The van der Waals surface area contributed by atoms with Crippen LogP contribution in [0.1, 0.15) is 10.4 Å². The molecule has 0 aliphatic heterocycles. The van der Waals surface area contributed by atoms with Gasteiger partial charge in [-0.25, -0.2) is 0 Å². The Hall–Kier alpha value is -1.24. The fourth-order valence-electron chi connectivity index (χ4n) is 1.72. The van der Waals surface area contributed by atoms with Crippen LogP contribution in [-0.4, -0.2) is 13.0 Å². The summed E-state index contributed by atoms with van der Waals surface area (Å²) in [6, 6.07) is 8.26. The number of methoxy groups -OCH3 is 1. The van der Waals surface area contributed by atoms with Crippen LogP contribution in [0.4, 0.5) is 11.4 Å². The number of ether oxygens (including phenoxy) is 1. The Morgan fingerprint density at radius 3 is 2.57 bits per heavy atom. The number of hydrogen-bond acceptors (Lipinski definition) is 3. The Bertz CT molecular complexity index is 708. The lowest BCUT2D eigenvalue weighted by Crippen LogP contribution is -2.13. The molecular weight excluding hydrogens is 423 g/mol. The third-order valence-corrected chi connectivity index (χ3v) is 4.22. The van der Waals surface area contributed by atoms with Gasteiger partial charge in [0.1, 0.15) is 0 Å². The SMILES string of the molecule is COc1c(Br)cc(Cl)cc1NC(=O)c1ccc(N)c(Br)c1. The third-order valence-electron chi connectivity index (χ3n) is 2.72. The number of hydrogen-bond donors (Lipinski definition) is 2. The van der Waals surface area contributed by atoms with E-state index in [1.54, 1.807) is 30.3 Å². The van der Waals surface area contributed by atoms with Crippen molar-refractivity contribution in [3.8, 4) is 5.75 Å². The lowest BCUT2D eigenvalue weighted by Gasteiger charge is -2.13. The number of rotatable bonds is 3. The molecule has 0 aliphatic rings. The first kappa shape index (κ1) is 16.1. The summed E-state index contributed by atoms with van der Waals surface area (Å²) < 4.78 is 6.58. The van der Waals surface area contributed by atoms with Crippen molar-refractivity contribution in [1.82, 2.24) is 0 Å². The molecule has 0 atom stereocenters. The summed E-state index contributed by atoms with van der Waals surface area (Å²) in [6.07, 6.45) is 0. The quantitative estimate of drug-likeness (QED) is 0.688. The van der Waals surface area contributed by atoms with E-state index in [2.05, 4.69) is 37.2 Å². The first-order valence-corrected chi connectivity index (χ1v) is 7.78. The first-order chi connectivity index (χ1) is 9.92. The Balaban J connectivity index is 2.33. The van der Waals surface area contributed by atoms with E-state index in [1.807, 2.05) is 0 Å². The minimum Gasteiger partial charge on any atom is -0.493 e. The van der Waals surface area contributed by atoms with Crippen LogP contribution < -0.4 is 15.8 Å². The van der Waals surface area contributed by atoms with Crippen LogP contribution in [0.3, 0.4) is 0 Å². The number of carbonyl (C=O) groups excluding carboxylic acids is 1. The highest BCUT2D eigenvalue weighted by Crippen LogP contribution is 2.36. The molecule has 3 N–H and O–H groups in total. The minimum atomic E-state index is -0.289. The fourth-order valence-corrected chi connectivity index (χ4v) is 3.07. The van der Waals surface area contributed by atoms with E-state index in [0.29, 0.717) is 36.7 Å². The van der Waals surface area contributed by atoms with Crippen LogP contribution in [0.15, 0.2) is 39.3 Å². The predicted molar refractivity (Wildman–Crippen MR) is 92.2 cm³/mol. The van der Waals surface area contributed by atoms with Crippen LogP contribution >= 0.6 is 43.5 Å². The van der Waals surface area contributed by atoms with Crippen molar-refractivity contribution < 1.29 is 9.53 Å². The number of nitrogens with one attached hydrogen (secondary N) is 1. The zero-order chi connectivity index (χ0) is 15.6. The van der Waals surface area contributed by atoms with Crippen molar-refractivity contribution in [1.29, 1.82) is 0 Å². The fraction of sp³-hybridized carbons (Fsp3) is 0.0714. The summed E-state index contributed by atoms with van der Waals surface area (Å²) in [5, 5.41) is 3.25. The normalized spacial score (nSPS) is 10.3. The molecule has 0 bridgehead atoms. The number of anilines is 2. The van der Waals surface area contributed by atoms with Crippen LogP contribution in [0, 0.1) is 0 Å². The van der Waals surface area contributed by atoms with Gasteiger partial charge in [-0.15, -0.1) is 0 Å². The van der Waals surface area contributed by atoms with Gasteiger partial charge in [0.15, 0.2) is 5.75 Å². The van der Waals surface area contributed by atoms with Crippen molar-refractivity contribution in [3.05, 3.63) is 49.9 Å². The molecule has 7 heteroatoms. The highest BCUT2D eigenvalue weighted by Gasteiger charge is 2.14. The molecule has 0 aliphatic carbocycles. The van der Waals surface area contributed by atoms with Crippen LogP contribution in [0.5, 0.6) is 5.75 Å². The maximum absolute atomic E-state index is 12.3. The Morgan fingerprint density at radius 1 is 1.24 bits per heavy atom. The van der Waals surface area contributed by atoms with Gasteiger partial charge in [0.2, 0.25) is 0 Å². The van der Waals surface area contributed by atoms with Gasteiger partial charge in [0.25, 0.3) is 5.91 Å². The molecule has 0 aromatic heterocycles.